The van der Waals surface area contributed by atoms with Gasteiger partial charge >= 0.3 is 0 Å². The van der Waals surface area contributed by atoms with Crippen LogP contribution < -0.4 is 11.3 Å². The van der Waals surface area contributed by atoms with Gasteiger partial charge in [0.15, 0.2) is 0 Å². The first-order valence-corrected chi connectivity index (χ1v) is 5.81. The molecular weight excluding hydrogens is 208 g/mol. The number of rotatable bonds is 4. The Morgan fingerprint density at radius 1 is 1.33 bits per heavy atom. The Morgan fingerprint density at radius 2 is 1.93 bits per heavy atom. The number of halogens is 1. The lowest BCUT2D eigenvalue weighted by molar-refractivity contribution is 0.354. The molecule has 0 amide bonds. The summed E-state index contributed by atoms with van der Waals surface area (Å²) >= 11 is 5.86. The van der Waals surface area contributed by atoms with E-state index in [0.717, 1.165) is 10.9 Å². The molecule has 1 aromatic rings. The van der Waals surface area contributed by atoms with Gasteiger partial charge in [-0.2, -0.15) is 0 Å². The number of hydrazine groups is 1. The summed E-state index contributed by atoms with van der Waals surface area (Å²) in [6.07, 6.45) is 2.68. The third kappa shape index (κ3) is 2.51. The molecule has 0 aromatic heterocycles. The second-order valence-corrected chi connectivity index (χ2v) is 4.83. The van der Waals surface area contributed by atoms with Crippen molar-refractivity contribution >= 4 is 11.6 Å². The Labute approximate surface area is 95.8 Å². The van der Waals surface area contributed by atoms with Crippen molar-refractivity contribution in [1.29, 1.82) is 0 Å². The first-order chi connectivity index (χ1) is 7.22. The molecule has 1 saturated carbocycles. The second-order valence-electron chi connectivity index (χ2n) is 4.39. The molecule has 2 atom stereocenters. The van der Waals surface area contributed by atoms with E-state index in [4.69, 9.17) is 17.4 Å². The van der Waals surface area contributed by atoms with Crippen molar-refractivity contribution in [3.8, 4) is 0 Å². The molecule has 3 heteroatoms. The summed E-state index contributed by atoms with van der Waals surface area (Å²) in [5.74, 6) is 7.05. The lowest BCUT2D eigenvalue weighted by Gasteiger charge is -2.23. The van der Waals surface area contributed by atoms with Crippen molar-refractivity contribution in [2.75, 3.05) is 0 Å². The second kappa shape index (κ2) is 4.52. The first kappa shape index (κ1) is 10.9. The van der Waals surface area contributed by atoms with E-state index in [0.29, 0.717) is 5.92 Å². The first-order valence-electron chi connectivity index (χ1n) is 5.44. The third-order valence-electron chi connectivity index (χ3n) is 3.30. The summed E-state index contributed by atoms with van der Waals surface area (Å²) in [5, 5.41) is 0.772. The van der Waals surface area contributed by atoms with Crippen molar-refractivity contribution in [2.24, 2.45) is 17.7 Å². The average molecular weight is 225 g/mol. The molecule has 0 spiro atoms. The maximum absolute atomic E-state index is 5.86. The lowest BCUT2D eigenvalue weighted by Crippen LogP contribution is -2.33. The van der Waals surface area contributed by atoms with Gasteiger partial charge in [-0.3, -0.25) is 11.3 Å². The van der Waals surface area contributed by atoms with E-state index in [1.54, 1.807) is 0 Å². The molecule has 2 rings (SSSR count). The van der Waals surface area contributed by atoms with E-state index in [1.807, 2.05) is 24.3 Å². The minimum absolute atomic E-state index is 0.245. The van der Waals surface area contributed by atoms with Crippen molar-refractivity contribution in [3.05, 3.63) is 34.9 Å². The van der Waals surface area contributed by atoms with Gasteiger partial charge in [0.2, 0.25) is 0 Å². The van der Waals surface area contributed by atoms with Gasteiger partial charge in [0.25, 0.3) is 0 Å². The molecule has 0 saturated heterocycles. The van der Waals surface area contributed by atoms with Gasteiger partial charge in [-0.05, 0) is 42.4 Å². The molecule has 1 aliphatic carbocycles. The largest absolute Gasteiger partial charge is 0.271 e. The zero-order valence-electron chi connectivity index (χ0n) is 8.91. The van der Waals surface area contributed by atoms with Gasteiger partial charge in [-0.15, -0.1) is 0 Å². The fourth-order valence-corrected chi connectivity index (χ4v) is 2.24. The highest BCUT2D eigenvalue weighted by atomic mass is 35.5. The molecule has 2 unspecified atom stereocenters. The molecule has 1 aliphatic rings. The number of nitrogens with one attached hydrogen (secondary N) is 1. The Morgan fingerprint density at radius 3 is 2.40 bits per heavy atom. The fraction of sp³-hybridized carbons (Fsp3) is 0.500. The van der Waals surface area contributed by atoms with Gasteiger partial charge in [0, 0.05) is 11.1 Å². The van der Waals surface area contributed by atoms with E-state index in [-0.39, 0.29) is 6.04 Å². The quantitative estimate of drug-likeness (QED) is 0.610. The van der Waals surface area contributed by atoms with E-state index in [2.05, 4.69) is 12.3 Å². The number of hydrogen-bond donors (Lipinski definition) is 2. The van der Waals surface area contributed by atoms with Crippen LogP contribution in [-0.4, -0.2) is 0 Å². The Bertz CT molecular complexity index is 319. The molecule has 2 nitrogen and oxygen atoms in total. The van der Waals surface area contributed by atoms with Crippen LogP contribution in [0.4, 0.5) is 0 Å². The summed E-state index contributed by atoms with van der Waals surface area (Å²) < 4.78 is 0. The zero-order valence-corrected chi connectivity index (χ0v) is 9.67. The van der Waals surface area contributed by atoms with Crippen molar-refractivity contribution in [3.63, 3.8) is 0 Å². The summed E-state index contributed by atoms with van der Waals surface area (Å²) in [4.78, 5) is 0. The predicted molar refractivity (Wildman–Crippen MR) is 63.4 cm³/mol. The molecule has 0 bridgehead atoms. The van der Waals surface area contributed by atoms with Gasteiger partial charge in [0.05, 0.1) is 0 Å². The van der Waals surface area contributed by atoms with Crippen molar-refractivity contribution in [2.45, 2.75) is 25.8 Å². The maximum Gasteiger partial charge on any atom is 0.0488 e. The van der Waals surface area contributed by atoms with Crippen LogP contribution >= 0.6 is 11.6 Å². The third-order valence-corrected chi connectivity index (χ3v) is 3.55. The van der Waals surface area contributed by atoms with Crippen molar-refractivity contribution in [1.82, 2.24) is 5.43 Å². The Kier molecular flexibility index (Phi) is 3.29. The van der Waals surface area contributed by atoms with Gasteiger partial charge in [-0.25, -0.2) is 0 Å². The minimum atomic E-state index is 0.245. The van der Waals surface area contributed by atoms with Crippen LogP contribution in [0.5, 0.6) is 0 Å². The minimum Gasteiger partial charge on any atom is -0.271 e. The van der Waals surface area contributed by atoms with E-state index < -0.39 is 0 Å². The molecule has 0 aliphatic heterocycles. The molecular formula is C12H17ClN2. The topological polar surface area (TPSA) is 38.0 Å². The molecule has 0 radical (unpaired) electrons. The normalized spacial score (nSPS) is 19.9. The molecule has 1 aromatic carbocycles. The Hall–Kier alpha value is -0.570. The maximum atomic E-state index is 5.86. The molecule has 0 heterocycles. The van der Waals surface area contributed by atoms with E-state index in [1.165, 1.54) is 18.4 Å². The lowest BCUT2D eigenvalue weighted by atomic mass is 9.91. The molecule has 1 fully saturated rings. The average Bonchev–Trinajstić information content (AvgIpc) is 3.05. The SMILES string of the molecule is CC(C1CC1)C(NN)c1ccc(Cl)cc1. The monoisotopic (exact) mass is 224 g/mol. The van der Waals surface area contributed by atoms with Crippen LogP contribution in [0.2, 0.25) is 5.02 Å². The molecule has 82 valence electrons. The predicted octanol–water partition coefficient (Wildman–Crippen LogP) is 2.89. The number of benzene rings is 1. The van der Waals surface area contributed by atoms with E-state index in [9.17, 15) is 0 Å². The number of nitrogens with two attached hydrogens (primary N) is 1. The zero-order chi connectivity index (χ0) is 10.8. The highest BCUT2D eigenvalue weighted by Gasteiger charge is 2.33. The summed E-state index contributed by atoms with van der Waals surface area (Å²) in [5.41, 5.74) is 4.14. The van der Waals surface area contributed by atoms with Crippen molar-refractivity contribution < 1.29 is 0 Å². The van der Waals surface area contributed by atoms with Crippen LogP contribution in [0, 0.1) is 11.8 Å². The molecule has 15 heavy (non-hydrogen) atoms. The smallest absolute Gasteiger partial charge is 0.0488 e. The van der Waals surface area contributed by atoms with Gasteiger partial charge in [-0.1, -0.05) is 30.7 Å². The number of hydrogen-bond acceptors (Lipinski definition) is 2. The molecule has 3 N–H and O–H groups in total. The fourth-order valence-electron chi connectivity index (χ4n) is 2.12. The summed E-state index contributed by atoms with van der Waals surface area (Å²) in [6, 6.07) is 8.17. The summed E-state index contributed by atoms with van der Waals surface area (Å²) in [6.45, 7) is 2.26. The van der Waals surface area contributed by atoms with Gasteiger partial charge in [0.1, 0.15) is 0 Å². The van der Waals surface area contributed by atoms with Gasteiger partial charge < -0.3 is 0 Å². The van der Waals surface area contributed by atoms with Crippen LogP contribution in [0.1, 0.15) is 31.4 Å². The van der Waals surface area contributed by atoms with Crippen LogP contribution in [-0.2, 0) is 0 Å². The van der Waals surface area contributed by atoms with E-state index >= 15 is 0 Å². The highest BCUT2D eigenvalue weighted by molar-refractivity contribution is 6.30. The standard InChI is InChI=1S/C12H17ClN2/c1-8(9-2-3-9)12(15-14)10-4-6-11(13)7-5-10/h4-9,12,15H,2-3,14H2,1H3. The van der Waals surface area contributed by atoms with Crippen LogP contribution in [0.15, 0.2) is 24.3 Å². The highest BCUT2D eigenvalue weighted by Crippen LogP contribution is 2.42. The van der Waals surface area contributed by atoms with Crippen LogP contribution in [0.3, 0.4) is 0 Å². The summed E-state index contributed by atoms with van der Waals surface area (Å²) in [7, 11) is 0. The van der Waals surface area contributed by atoms with Crippen LogP contribution in [0.25, 0.3) is 0 Å². The Balaban J connectivity index is 2.14.